The summed E-state index contributed by atoms with van der Waals surface area (Å²) in [5.74, 6) is 0.558. The maximum atomic E-state index is 10.9. The van der Waals surface area contributed by atoms with Crippen LogP contribution in [0, 0.1) is 0 Å². The molecular formula is C10H15BrNO3P. The van der Waals surface area contributed by atoms with Crippen LogP contribution in [-0.2, 0) is 14.1 Å². The van der Waals surface area contributed by atoms with Gasteiger partial charge in [0.15, 0.2) is 8.30 Å². The van der Waals surface area contributed by atoms with Crippen molar-refractivity contribution in [2.45, 2.75) is 12.8 Å². The van der Waals surface area contributed by atoms with Crippen molar-refractivity contribution in [3.63, 3.8) is 0 Å². The number of hydrogen-bond acceptors (Lipinski definition) is 4. The van der Waals surface area contributed by atoms with Crippen LogP contribution >= 0.6 is 24.2 Å². The number of esters is 1. The second-order valence-corrected chi connectivity index (χ2v) is 5.66. The van der Waals surface area contributed by atoms with Crippen molar-refractivity contribution in [1.29, 1.82) is 0 Å². The molecule has 0 amide bonds. The molecule has 1 unspecified atom stereocenters. The third-order valence-corrected chi connectivity index (χ3v) is 3.84. The van der Waals surface area contributed by atoms with Crippen molar-refractivity contribution in [3.8, 4) is 0 Å². The van der Waals surface area contributed by atoms with Crippen LogP contribution in [0.1, 0.15) is 12.8 Å². The summed E-state index contributed by atoms with van der Waals surface area (Å²) in [5, 5.41) is 2.98. The van der Waals surface area contributed by atoms with E-state index < -0.39 is 8.30 Å². The van der Waals surface area contributed by atoms with Crippen LogP contribution in [0.5, 0.6) is 0 Å². The smallest absolute Gasteiger partial charge is 0.320 e. The Morgan fingerprint density at radius 1 is 1.69 bits per heavy atom. The van der Waals surface area contributed by atoms with Crippen LogP contribution in [0.3, 0.4) is 0 Å². The van der Waals surface area contributed by atoms with Crippen LogP contribution in [0.4, 0.5) is 0 Å². The van der Waals surface area contributed by atoms with Crippen molar-refractivity contribution in [1.82, 2.24) is 5.09 Å². The van der Waals surface area contributed by atoms with Crippen LogP contribution in [0.15, 0.2) is 22.4 Å². The van der Waals surface area contributed by atoms with Crippen molar-refractivity contribution in [2.24, 2.45) is 0 Å². The predicted molar refractivity (Wildman–Crippen MR) is 68.3 cm³/mol. The predicted octanol–water partition coefficient (Wildman–Crippen LogP) is 2.66. The van der Waals surface area contributed by atoms with E-state index in [4.69, 9.17) is 4.52 Å². The lowest BCUT2D eigenvalue weighted by atomic mass is 10.2. The van der Waals surface area contributed by atoms with Gasteiger partial charge in [-0.1, -0.05) is 22.0 Å². The molecule has 1 rings (SSSR count). The van der Waals surface area contributed by atoms with Gasteiger partial charge in [0.2, 0.25) is 0 Å². The number of carbonyl (C=O) groups excluding carboxylic acids is 1. The minimum atomic E-state index is -0.858. The van der Waals surface area contributed by atoms with Gasteiger partial charge in [0.1, 0.15) is 12.3 Å². The summed E-state index contributed by atoms with van der Waals surface area (Å²) in [7, 11) is 0.509. The minimum Gasteiger partial charge on any atom is -0.468 e. The molecule has 0 saturated heterocycles. The van der Waals surface area contributed by atoms with Gasteiger partial charge < -0.3 is 9.26 Å². The Balaban J connectivity index is 2.36. The highest BCUT2D eigenvalue weighted by Gasteiger charge is 2.12. The Morgan fingerprint density at radius 2 is 2.44 bits per heavy atom. The van der Waals surface area contributed by atoms with Crippen molar-refractivity contribution < 1.29 is 14.1 Å². The topological polar surface area (TPSA) is 47.6 Å². The molecule has 4 nitrogen and oxygen atoms in total. The van der Waals surface area contributed by atoms with Crippen LogP contribution in [0.25, 0.3) is 0 Å². The number of ether oxygens (including phenoxy) is 1. The zero-order chi connectivity index (χ0) is 12.0. The molecule has 1 aliphatic carbocycles. The second-order valence-electron chi connectivity index (χ2n) is 3.21. The fraction of sp³-hybridized carbons (Fsp3) is 0.500. The van der Waals surface area contributed by atoms with Gasteiger partial charge in [-0.15, -0.1) is 0 Å². The standard InChI is InChI=1S/C10H15BrNO3P/c1-14-10(13)7-12-16(2)15-9-6-4-3-5-8(9)11/h4,6,12H,3,5,7H2,1-2H3. The number of allylic oxidation sites excluding steroid dienone is 3. The zero-order valence-electron chi connectivity index (χ0n) is 9.33. The van der Waals surface area contributed by atoms with Gasteiger partial charge in [-0.2, -0.15) is 0 Å². The Bertz CT molecular complexity index is 317. The molecule has 16 heavy (non-hydrogen) atoms. The molecule has 0 heterocycles. The molecule has 0 radical (unpaired) electrons. The molecule has 90 valence electrons. The third kappa shape index (κ3) is 4.64. The number of nitrogens with one attached hydrogen (secondary N) is 1. The molecule has 1 N–H and O–H groups in total. The highest BCUT2D eigenvalue weighted by Crippen LogP contribution is 2.35. The van der Waals surface area contributed by atoms with Gasteiger partial charge in [-0.05, 0) is 18.9 Å². The van der Waals surface area contributed by atoms with Crippen LogP contribution < -0.4 is 5.09 Å². The van der Waals surface area contributed by atoms with E-state index in [0.29, 0.717) is 0 Å². The quantitative estimate of drug-likeness (QED) is 0.626. The number of hydrogen-bond donors (Lipinski definition) is 1. The summed E-state index contributed by atoms with van der Waals surface area (Å²) >= 11 is 3.47. The van der Waals surface area contributed by atoms with Gasteiger partial charge in [-0.3, -0.25) is 9.88 Å². The van der Waals surface area contributed by atoms with Crippen molar-refractivity contribution in [3.05, 3.63) is 22.4 Å². The van der Waals surface area contributed by atoms with Gasteiger partial charge in [-0.25, -0.2) is 0 Å². The molecule has 0 aromatic rings. The lowest BCUT2D eigenvalue weighted by molar-refractivity contribution is -0.139. The molecule has 0 fully saturated rings. The molecular weight excluding hydrogens is 293 g/mol. The summed E-state index contributed by atoms with van der Waals surface area (Å²) in [5.41, 5.74) is 0. The summed E-state index contributed by atoms with van der Waals surface area (Å²) in [6.07, 6.45) is 6.02. The molecule has 0 aromatic carbocycles. The number of carbonyl (C=O) groups is 1. The normalized spacial score (nSPS) is 17.2. The van der Waals surface area contributed by atoms with E-state index in [1.165, 1.54) is 7.11 Å². The van der Waals surface area contributed by atoms with E-state index in [2.05, 4.69) is 31.8 Å². The number of methoxy groups -OCH3 is 1. The monoisotopic (exact) mass is 307 g/mol. The van der Waals surface area contributed by atoms with E-state index in [9.17, 15) is 4.79 Å². The van der Waals surface area contributed by atoms with Crippen molar-refractivity contribution >= 4 is 30.2 Å². The van der Waals surface area contributed by atoms with E-state index >= 15 is 0 Å². The molecule has 1 atom stereocenters. The van der Waals surface area contributed by atoms with Gasteiger partial charge in [0.25, 0.3) is 0 Å². The van der Waals surface area contributed by atoms with Crippen LogP contribution in [0.2, 0.25) is 0 Å². The van der Waals surface area contributed by atoms with E-state index in [1.807, 2.05) is 12.7 Å². The number of halogens is 1. The van der Waals surface area contributed by atoms with Gasteiger partial charge in [0, 0.05) is 11.1 Å². The summed E-state index contributed by atoms with van der Waals surface area (Å²) < 4.78 is 11.3. The average Bonchev–Trinajstić information content (AvgIpc) is 2.29. The summed E-state index contributed by atoms with van der Waals surface area (Å²) in [6, 6.07) is 0. The van der Waals surface area contributed by atoms with E-state index in [1.54, 1.807) is 0 Å². The fourth-order valence-corrected chi connectivity index (χ4v) is 2.57. The van der Waals surface area contributed by atoms with Gasteiger partial charge >= 0.3 is 5.97 Å². The average molecular weight is 308 g/mol. The van der Waals surface area contributed by atoms with Crippen LogP contribution in [-0.4, -0.2) is 26.3 Å². The largest absolute Gasteiger partial charge is 0.468 e. The third-order valence-electron chi connectivity index (χ3n) is 1.98. The molecule has 0 spiro atoms. The first kappa shape index (κ1) is 13.7. The maximum absolute atomic E-state index is 10.9. The summed E-state index contributed by atoms with van der Waals surface area (Å²) in [6.45, 7) is 2.08. The zero-order valence-corrected chi connectivity index (χ0v) is 11.8. The molecule has 0 bridgehead atoms. The summed E-state index contributed by atoms with van der Waals surface area (Å²) in [4.78, 5) is 10.9. The second kappa shape index (κ2) is 7.05. The first-order valence-electron chi connectivity index (χ1n) is 4.90. The first-order valence-corrected chi connectivity index (χ1v) is 7.40. The SMILES string of the molecule is COC(=O)CNP(C)OC1=C(Br)CCC=C1. The van der Waals surface area contributed by atoms with E-state index in [0.717, 1.165) is 23.1 Å². The fourth-order valence-electron chi connectivity index (χ4n) is 1.12. The molecule has 1 aliphatic rings. The Morgan fingerprint density at radius 3 is 3.06 bits per heavy atom. The van der Waals surface area contributed by atoms with Crippen molar-refractivity contribution in [2.75, 3.05) is 20.3 Å². The first-order chi connectivity index (χ1) is 7.63. The Hall–Kier alpha value is -0.380. The number of rotatable bonds is 5. The minimum absolute atomic E-state index is 0.174. The maximum Gasteiger partial charge on any atom is 0.320 e. The lowest BCUT2D eigenvalue weighted by Gasteiger charge is -2.18. The molecule has 0 aliphatic heterocycles. The van der Waals surface area contributed by atoms with Gasteiger partial charge in [0.05, 0.1) is 7.11 Å². The molecule has 0 aromatic heterocycles. The highest BCUT2D eigenvalue weighted by atomic mass is 79.9. The molecule has 0 saturated carbocycles. The lowest BCUT2D eigenvalue weighted by Crippen LogP contribution is -2.20. The van der Waals surface area contributed by atoms with E-state index in [-0.39, 0.29) is 12.5 Å². The molecule has 6 heteroatoms. The Kier molecular flexibility index (Phi) is 6.03. The highest BCUT2D eigenvalue weighted by molar-refractivity contribution is 9.11. The Labute approximate surface area is 105 Å².